The van der Waals surface area contributed by atoms with E-state index in [2.05, 4.69) is 29.2 Å². The highest BCUT2D eigenvalue weighted by atomic mass is 32.1. The van der Waals surface area contributed by atoms with Crippen molar-refractivity contribution in [3.63, 3.8) is 0 Å². The minimum atomic E-state index is -0.513. The molecular formula is C81H72N6O14S3. The van der Waals surface area contributed by atoms with E-state index in [9.17, 15) is 38.4 Å². The second-order valence-electron chi connectivity index (χ2n) is 24.0. The number of ether oxygens (including phenoxy) is 3. The van der Waals surface area contributed by atoms with E-state index in [1.165, 1.54) is 68.6 Å². The number of hydrogen-bond donors (Lipinski definition) is 0. The summed E-state index contributed by atoms with van der Waals surface area (Å²) in [6.45, 7) is 17.5. The van der Waals surface area contributed by atoms with Gasteiger partial charge in [0.05, 0.1) is 45.8 Å². The van der Waals surface area contributed by atoms with Gasteiger partial charge in [0.25, 0.3) is 0 Å². The first-order chi connectivity index (χ1) is 50.2. The van der Waals surface area contributed by atoms with Crippen LogP contribution in [0.5, 0.6) is 0 Å². The highest BCUT2D eigenvalue weighted by Crippen LogP contribution is 2.36. The minimum Gasteiger partial charge on any atom is -0.464 e. The van der Waals surface area contributed by atoms with Gasteiger partial charge in [-0.05, 0) is 170 Å². The third kappa shape index (κ3) is 16.9. The average molecular weight is 1450 g/mol. The number of ketones is 3. The van der Waals surface area contributed by atoms with E-state index in [4.69, 9.17) is 28.7 Å². The third-order valence-corrected chi connectivity index (χ3v) is 19.5. The zero-order chi connectivity index (χ0) is 73.7. The van der Waals surface area contributed by atoms with Gasteiger partial charge in [0, 0.05) is 141 Å². The maximum Gasteiger partial charge on any atom is 0.332 e. The molecule has 0 fully saturated rings. The fourth-order valence-corrected chi connectivity index (χ4v) is 14.2. The molecule has 0 aliphatic heterocycles. The van der Waals surface area contributed by atoms with Crippen LogP contribution in [-0.2, 0) is 72.3 Å². The fourth-order valence-electron chi connectivity index (χ4n) is 12.1. The lowest BCUT2D eigenvalue weighted by atomic mass is 9.97. The molecule has 23 heteroatoms. The van der Waals surface area contributed by atoms with Gasteiger partial charge in [0.1, 0.15) is 18.9 Å². The Morgan fingerprint density at radius 2 is 0.673 bits per heavy atom. The average Bonchev–Trinajstić information content (AvgIpc) is 1.66. The van der Waals surface area contributed by atoms with Crippen LogP contribution in [0, 0.1) is 6.92 Å². The molecule has 13 rings (SSSR count). The predicted molar refractivity (Wildman–Crippen MR) is 408 cm³/mol. The third-order valence-electron chi connectivity index (χ3n) is 16.9. The number of esters is 2. The van der Waals surface area contributed by atoms with Crippen molar-refractivity contribution in [2.45, 2.75) is 81.9 Å². The lowest BCUT2D eigenvalue weighted by molar-refractivity contribution is -0.142. The van der Waals surface area contributed by atoms with Crippen molar-refractivity contribution in [3.8, 4) is 0 Å². The number of benzene rings is 7. The monoisotopic (exact) mass is 1450 g/mol. The molecule has 20 nitrogen and oxygen atoms in total. The Balaban J connectivity index is 0.000000157. The van der Waals surface area contributed by atoms with E-state index < -0.39 is 17.9 Å². The maximum atomic E-state index is 13.2. The van der Waals surface area contributed by atoms with E-state index in [-0.39, 0.29) is 42.5 Å². The van der Waals surface area contributed by atoms with Crippen molar-refractivity contribution in [1.82, 2.24) is 13.7 Å². The summed E-state index contributed by atoms with van der Waals surface area (Å²) in [6.07, 6.45) is 0. The molecule has 0 spiro atoms. The second-order valence-corrected chi connectivity index (χ2v) is 26.8. The molecule has 528 valence electrons. The normalized spacial score (nSPS) is 11.7. The topological polar surface area (TPSA) is 244 Å². The number of carbonyl (C=O) groups excluding carboxylic acids is 8. The van der Waals surface area contributed by atoms with Crippen LogP contribution in [0.2, 0.25) is 0 Å². The van der Waals surface area contributed by atoms with Crippen LogP contribution in [0.15, 0.2) is 201 Å². The van der Waals surface area contributed by atoms with E-state index in [0.29, 0.717) is 76.4 Å². The fraction of sp³-hybridized carbons (Fsp3) is 0.198. The number of carbonyl (C=O) groups is 8. The molecular weight excluding hydrogens is 1380 g/mol. The molecule has 6 heterocycles. The lowest BCUT2D eigenvalue weighted by Crippen LogP contribution is -2.09. The molecule has 0 amide bonds. The van der Waals surface area contributed by atoms with Gasteiger partial charge in [0.2, 0.25) is 17.3 Å². The largest absolute Gasteiger partial charge is 0.464 e. The SMILES string of the molecule is CC(=O)OCCn1c2ccc(C(=O)c3cccs3)cc2c2cc(/C(=N/OC(C)=O)c3ccccc3C)ccc21.CC(=O)OCCn1c2ccc(C(=O)c3cccs3)cc2c2cc(/C(C)=N/OC(C)=O)ccc21.CCOCCn1c2ccc(C(=O)c3cccs3)cc2c2cc(/C(C)=N/OC(C)=O)ccc21. The number of aryl methyl sites for hydroxylation is 1. The standard InChI is InChI=1S/C31H26N2O5S.C25H22N2O5S.C25H24N2O4S/c1-19-7-4-5-8-24(19)30(32-38-21(3)35)22-10-12-27-25(17-22)26-18-23(31(36)29-9-6-16-39-29)11-13-28(26)33(27)14-15-37-20(2)34;1-15(26-32-17(3)29)18-6-8-22-20(13-18)21-14-19(25(30)24-5-4-12-33-24)7-9-23(21)27(22)10-11-31-16(2)28;1-4-30-12-11-27-22-9-7-18(16(2)26-31-17(3)28)14-20(22)21-15-19(8-10-23(21)27)25(29)24-6-5-13-32-24/h4-13,16-18H,14-15H2,1-3H3;4-9,12-14H,10-11H2,1-3H3;5-10,13-15H,4,11-12H2,1-3H3/b32-30-;26-15+;26-16+. The molecule has 13 aromatic rings. The van der Waals surface area contributed by atoms with Crippen LogP contribution in [0.4, 0.5) is 0 Å². The van der Waals surface area contributed by atoms with E-state index in [0.717, 1.165) is 98.1 Å². The van der Waals surface area contributed by atoms with Gasteiger partial charge in [-0.2, -0.15) is 0 Å². The smallest absolute Gasteiger partial charge is 0.332 e. The van der Waals surface area contributed by atoms with Crippen molar-refractivity contribution in [2.24, 2.45) is 15.5 Å². The Morgan fingerprint density at radius 3 is 1.00 bits per heavy atom. The first-order valence-corrected chi connectivity index (χ1v) is 35.9. The summed E-state index contributed by atoms with van der Waals surface area (Å²) in [7, 11) is 0. The molecule has 0 saturated heterocycles. The van der Waals surface area contributed by atoms with Crippen LogP contribution < -0.4 is 0 Å². The quantitative estimate of drug-likeness (QED) is 0.0144. The zero-order valence-corrected chi connectivity index (χ0v) is 60.9. The summed E-state index contributed by atoms with van der Waals surface area (Å²) in [5.74, 6) is -2.20. The van der Waals surface area contributed by atoms with Gasteiger partial charge in [-0.15, -0.1) is 34.0 Å². The molecule has 6 aromatic heterocycles. The number of rotatable bonds is 23. The first-order valence-electron chi connectivity index (χ1n) is 33.2. The summed E-state index contributed by atoms with van der Waals surface area (Å²) in [5, 5.41) is 23.3. The molecule has 0 unspecified atom stereocenters. The van der Waals surface area contributed by atoms with Gasteiger partial charge in [-0.1, -0.05) is 76.1 Å². The van der Waals surface area contributed by atoms with Gasteiger partial charge < -0.3 is 42.4 Å². The Kier molecular flexibility index (Phi) is 23.7. The maximum absolute atomic E-state index is 13.2. The Morgan fingerprint density at radius 1 is 0.356 bits per heavy atom. The predicted octanol–water partition coefficient (Wildman–Crippen LogP) is 16.6. The number of thiophene rings is 3. The molecule has 0 aliphatic rings. The van der Waals surface area contributed by atoms with Crippen LogP contribution in [0.25, 0.3) is 65.4 Å². The van der Waals surface area contributed by atoms with Gasteiger partial charge in [-0.3, -0.25) is 24.0 Å². The van der Waals surface area contributed by atoms with Crippen molar-refractivity contribution in [3.05, 3.63) is 245 Å². The van der Waals surface area contributed by atoms with Crippen molar-refractivity contribution < 1.29 is 67.1 Å². The molecule has 0 saturated carbocycles. The number of aromatic nitrogens is 3. The highest BCUT2D eigenvalue weighted by molar-refractivity contribution is 7.13. The van der Waals surface area contributed by atoms with Crippen molar-refractivity contribution in [1.29, 1.82) is 0 Å². The summed E-state index contributed by atoms with van der Waals surface area (Å²) in [6, 6.07) is 53.7. The minimum absolute atomic E-state index is 0.0147. The van der Waals surface area contributed by atoms with Gasteiger partial charge >= 0.3 is 29.8 Å². The van der Waals surface area contributed by atoms with Gasteiger partial charge in [-0.25, -0.2) is 14.4 Å². The number of nitrogens with zero attached hydrogens (tertiary/aromatic N) is 6. The Labute approximate surface area is 609 Å². The zero-order valence-electron chi connectivity index (χ0n) is 58.5. The molecule has 0 radical (unpaired) electrons. The van der Waals surface area contributed by atoms with Crippen LogP contribution >= 0.6 is 34.0 Å². The van der Waals surface area contributed by atoms with E-state index in [1.807, 2.05) is 200 Å². The molecule has 0 atom stereocenters. The summed E-state index contributed by atoms with van der Waals surface area (Å²) < 4.78 is 22.3. The molecule has 0 aliphatic carbocycles. The Bertz CT molecular complexity index is 5540. The van der Waals surface area contributed by atoms with Crippen LogP contribution in [0.1, 0.15) is 129 Å². The summed E-state index contributed by atoms with van der Waals surface area (Å²) in [4.78, 5) is 112. The molecule has 7 aromatic carbocycles. The Hall–Kier alpha value is -11.6. The molecule has 104 heavy (non-hydrogen) atoms. The molecule has 0 N–H and O–H groups in total. The summed E-state index contributed by atoms with van der Waals surface area (Å²) in [5.41, 5.74) is 13.5. The van der Waals surface area contributed by atoms with Crippen molar-refractivity contribution >= 4 is 164 Å². The number of oxime groups is 3. The van der Waals surface area contributed by atoms with Crippen molar-refractivity contribution in [2.75, 3.05) is 26.4 Å². The first kappa shape index (κ1) is 73.6. The number of hydrogen-bond acceptors (Lipinski definition) is 20. The molecule has 0 bridgehead atoms. The highest BCUT2D eigenvalue weighted by Gasteiger charge is 2.22. The summed E-state index contributed by atoms with van der Waals surface area (Å²) >= 11 is 4.25. The second kappa shape index (κ2) is 33.4. The van der Waals surface area contributed by atoms with Gasteiger partial charge in [0.15, 0.2) is 0 Å². The van der Waals surface area contributed by atoms with Crippen LogP contribution in [-0.4, -0.2) is 104 Å². The van der Waals surface area contributed by atoms with Crippen LogP contribution in [0.3, 0.4) is 0 Å². The van der Waals surface area contributed by atoms with E-state index in [1.54, 1.807) is 13.8 Å². The number of fused-ring (bicyclic) bond motifs is 9. The van der Waals surface area contributed by atoms with E-state index >= 15 is 0 Å². The lowest BCUT2D eigenvalue weighted by Gasteiger charge is -2.11.